The molecule has 3 rings (SSSR count). The lowest BCUT2D eigenvalue weighted by Crippen LogP contribution is -1.83. The van der Waals surface area contributed by atoms with Crippen molar-refractivity contribution < 1.29 is 4.84 Å². The normalized spacial score (nSPS) is 10.9. The maximum absolute atomic E-state index is 5.38. The van der Waals surface area contributed by atoms with Gasteiger partial charge in [-0.05, 0) is 23.6 Å². The van der Waals surface area contributed by atoms with Crippen molar-refractivity contribution in [2.24, 2.45) is 10.4 Å². The van der Waals surface area contributed by atoms with Crippen LogP contribution >= 0.6 is 0 Å². The molecule has 0 N–H and O–H groups in total. The third kappa shape index (κ3) is 2.60. The Balaban J connectivity index is 1.84. The van der Waals surface area contributed by atoms with E-state index < -0.39 is 0 Å². The minimum absolute atomic E-state index is 0.706. The molecule has 0 unspecified atom stereocenters. The fourth-order valence-corrected chi connectivity index (χ4v) is 1.88. The van der Waals surface area contributed by atoms with Gasteiger partial charge in [-0.15, -0.1) is 5.11 Å². The quantitative estimate of drug-likeness (QED) is 0.478. The lowest BCUT2D eigenvalue weighted by Gasteiger charge is -2.02. The van der Waals surface area contributed by atoms with E-state index >= 15 is 0 Å². The Kier molecular flexibility index (Phi) is 3.19. The summed E-state index contributed by atoms with van der Waals surface area (Å²) < 4.78 is 0. The molecular formula is C16H12N2O. The number of hydrogen-bond donors (Lipinski definition) is 0. The smallest absolute Gasteiger partial charge is 0.167 e. The molecule has 0 aromatic heterocycles. The highest BCUT2D eigenvalue weighted by Crippen LogP contribution is 2.25. The van der Waals surface area contributed by atoms with Crippen LogP contribution in [0.5, 0.6) is 5.75 Å². The molecule has 19 heavy (non-hydrogen) atoms. The molecule has 92 valence electrons. The predicted molar refractivity (Wildman–Crippen MR) is 75.5 cm³/mol. The van der Waals surface area contributed by atoms with Crippen LogP contribution < -0.4 is 4.84 Å². The standard InChI is InChI=1S/C16H12N2O/c1-2-9-14(10-3-1)17-18-19-16-12-6-8-13-7-4-5-11-15(13)16/h1-12H. The molecule has 0 aliphatic rings. The molecular weight excluding hydrogens is 236 g/mol. The van der Waals surface area contributed by atoms with Gasteiger partial charge < -0.3 is 4.84 Å². The van der Waals surface area contributed by atoms with Crippen LogP contribution in [0, 0.1) is 0 Å². The third-order valence-corrected chi connectivity index (χ3v) is 2.80. The van der Waals surface area contributed by atoms with Crippen molar-refractivity contribution in [2.45, 2.75) is 0 Å². The maximum atomic E-state index is 5.38. The Morgan fingerprint density at radius 2 is 1.42 bits per heavy atom. The van der Waals surface area contributed by atoms with E-state index in [-0.39, 0.29) is 0 Å². The van der Waals surface area contributed by atoms with Gasteiger partial charge in [-0.2, -0.15) is 0 Å². The van der Waals surface area contributed by atoms with Crippen molar-refractivity contribution in [3.05, 3.63) is 72.8 Å². The average molecular weight is 248 g/mol. The van der Waals surface area contributed by atoms with E-state index in [1.54, 1.807) is 0 Å². The van der Waals surface area contributed by atoms with Crippen molar-refractivity contribution in [3.8, 4) is 5.75 Å². The number of rotatable bonds is 3. The Morgan fingerprint density at radius 1 is 0.684 bits per heavy atom. The van der Waals surface area contributed by atoms with E-state index in [0.717, 1.165) is 16.5 Å². The second-order valence-electron chi connectivity index (χ2n) is 4.09. The van der Waals surface area contributed by atoms with Crippen molar-refractivity contribution in [3.63, 3.8) is 0 Å². The summed E-state index contributed by atoms with van der Waals surface area (Å²) in [5.74, 6) is 0.706. The van der Waals surface area contributed by atoms with Crippen LogP contribution in [-0.4, -0.2) is 0 Å². The van der Waals surface area contributed by atoms with Gasteiger partial charge in [-0.3, -0.25) is 0 Å². The molecule has 3 aromatic rings. The topological polar surface area (TPSA) is 34.0 Å². The average Bonchev–Trinajstić information content (AvgIpc) is 2.49. The van der Waals surface area contributed by atoms with Gasteiger partial charge in [-0.1, -0.05) is 54.6 Å². The van der Waals surface area contributed by atoms with Gasteiger partial charge in [0.05, 0.1) is 5.69 Å². The monoisotopic (exact) mass is 248 g/mol. The number of nitrogens with zero attached hydrogens (tertiary/aromatic N) is 2. The van der Waals surface area contributed by atoms with Gasteiger partial charge in [0.15, 0.2) is 5.75 Å². The van der Waals surface area contributed by atoms with Crippen LogP contribution in [0.3, 0.4) is 0 Å². The van der Waals surface area contributed by atoms with E-state index in [4.69, 9.17) is 4.84 Å². The van der Waals surface area contributed by atoms with Gasteiger partial charge in [0, 0.05) is 10.7 Å². The Labute approximate surface area is 111 Å². The summed E-state index contributed by atoms with van der Waals surface area (Å²) in [6, 6.07) is 23.4. The summed E-state index contributed by atoms with van der Waals surface area (Å²) in [6.07, 6.45) is 0. The molecule has 3 heteroatoms. The third-order valence-electron chi connectivity index (χ3n) is 2.80. The van der Waals surface area contributed by atoms with Crippen LogP contribution in [0.1, 0.15) is 0 Å². The molecule has 0 saturated heterocycles. The van der Waals surface area contributed by atoms with Gasteiger partial charge in [0.1, 0.15) is 0 Å². The van der Waals surface area contributed by atoms with Gasteiger partial charge in [0.2, 0.25) is 0 Å². The van der Waals surface area contributed by atoms with Crippen LogP contribution in [0.2, 0.25) is 0 Å². The van der Waals surface area contributed by atoms with Crippen LogP contribution in [-0.2, 0) is 0 Å². The Morgan fingerprint density at radius 3 is 2.32 bits per heavy atom. The highest BCUT2D eigenvalue weighted by atomic mass is 16.6. The van der Waals surface area contributed by atoms with E-state index in [1.807, 2.05) is 72.8 Å². The zero-order valence-electron chi connectivity index (χ0n) is 10.2. The minimum atomic E-state index is 0.706. The van der Waals surface area contributed by atoms with Crippen molar-refractivity contribution in [2.75, 3.05) is 0 Å². The summed E-state index contributed by atoms with van der Waals surface area (Å²) >= 11 is 0. The molecule has 0 fully saturated rings. The van der Waals surface area contributed by atoms with E-state index in [9.17, 15) is 0 Å². The summed E-state index contributed by atoms with van der Waals surface area (Å²) in [5, 5.41) is 9.94. The highest BCUT2D eigenvalue weighted by molar-refractivity contribution is 5.88. The van der Waals surface area contributed by atoms with Gasteiger partial charge in [-0.25, -0.2) is 0 Å². The molecule has 0 aliphatic heterocycles. The molecule has 0 saturated carbocycles. The first-order chi connectivity index (χ1) is 9.43. The predicted octanol–water partition coefficient (Wildman–Crippen LogP) is 4.92. The fourth-order valence-electron chi connectivity index (χ4n) is 1.88. The molecule has 3 nitrogen and oxygen atoms in total. The van der Waals surface area contributed by atoms with Crippen LogP contribution in [0.4, 0.5) is 5.69 Å². The highest BCUT2D eigenvalue weighted by Gasteiger charge is 2.00. The summed E-state index contributed by atoms with van der Waals surface area (Å²) in [7, 11) is 0. The Hall–Kier alpha value is -2.68. The fraction of sp³-hybridized carbons (Fsp3) is 0. The summed E-state index contributed by atoms with van der Waals surface area (Å²) in [6.45, 7) is 0. The second kappa shape index (κ2) is 5.31. The molecule has 0 amide bonds. The maximum Gasteiger partial charge on any atom is 0.167 e. The van der Waals surface area contributed by atoms with E-state index in [0.29, 0.717) is 5.75 Å². The molecule has 0 radical (unpaired) electrons. The lowest BCUT2D eigenvalue weighted by atomic mass is 10.1. The van der Waals surface area contributed by atoms with E-state index in [1.165, 1.54) is 0 Å². The van der Waals surface area contributed by atoms with Crippen LogP contribution in [0.25, 0.3) is 10.8 Å². The first-order valence-electron chi connectivity index (χ1n) is 6.04. The molecule has 0 bridgehead atoms. The number of hydrogen-bond acceptors (Lipinski definition) is 3. The van der Waals surface area contributed by atoms with Crippen molar-refractivity contribution in [1.82, 2.24) is 0 Å². The SMILES string of the molecule is c1ccc(N=NOc2cccc3ccccc23)cc1. The first kappa shape index (κ1) is 11.4. The molecule has 0 heterocycles. The largest absolute Gasteiger partial charge is 0.339 e. The Bertz CT molecular complexity index is 703. The van der Waals surface area contributed by atoms with Crippen LogP contribution in [0.15, 0.2) is 83.2 Å². The molecule has 3 aromatic carbocycles. The molecule has 0 atom stereocenters. The lowest BCUT2D eigenvalue weighted by molar-refractivity contribution is 0.316. The molecule has 0 aliphatic carbocycles. The van der Waals surface area contributed by atoms with Gasteiger partial charge in [0.25, 0.3) is 0 Å². The summed E-state index contributed by atoms with van der Waals surface area (Å²) in [4.78, 5) is 5.38. The zero-order valence-corrected chi connectivity index (χ0v) is 10.2. The summed E-state index contributed by atoms with van der Waals surface area (Å²) in [5.41, 5.74) is 0.766. The van der Waals surface area contributed by atoms with Crippen molar-refractivity contribution in [1.29, 1.82) is 0 Å². The molecule has 0 spiro atoms. The second-order valence-corrected chi connectivity index (χ2v) is 4.09. The first-order valence-corrected chi connectivity index (χ1v) is 6.04. The number of benzene rings is 3. The number of fused-ring (bicyclic) bond motifs is 1. The van der Waals surface area contributed by atoms with E-state index in [2.05, 4.69) is 10.4 Å². The zero-order chi connectivity index (χ0) is 12.9. The van der Waals surface area contributed by atoms with Crippen molar-refractivity contribution >= 4 is 16.5 Å². The van der Waals surface area contributed by atoms with Gasteiger partial charge >= 0.3 is 0 Å². The minimum Gasteiger partial charge on any atom is -0.339 e.